The second-order valence-corrected chi connectivity index (χ2v) is 5.84. The Hall–Kier alpha value is -1.06. The lowest BCUT2D eigenvalue weighted by Gasteiger charge is -2.23. The number of benzene rings is 1. The van der Waals surface area contributed by atoms with Crippen molar-refractivity contribution >= 4 is 17.5 Å². The number of hydrogen-bond donors (Lipinski definition) is 2. The Morgan fingerprint density at radius 3 is 2.68 bits per heavy atom. The van der Waals surface area contributed by atoms with Crippen molar-refractivity contribution in [2.24, 2.45) is 5.41 Å². The summed E-state index contributed by atoms with van der Waals surface area (Å²) in [6.45, 7) is 5.54. The smallest absolute Gasteiger partial charge is 0.225 e. The van der Waals surface area contributed by atoms with Gasteiger partial charge in [-0.2, -0.15) is 0 Å². The van der Waals surface area contributed by atoms with Crippen LogP contribution in [0.1, 0.15) is 25.8 Å². The summed E-state index contributed by atoms with van der Waals surface area (Å²) in [4.78, 5) is 12.2. The molecule has 0 aliphatic carbocycles. The van der Waals surface area contributed by atoms with Crippen LogP contribution in [0.25, 0.3) is 0 Å². The van der Waals surface area contributed by atoms with Crippen LogP contribution >= 0.6 is 11.6 Å². The maximum atomic E-state index is 12.2. The van der Waals surface area contributed by atoms with Crippen molar-refractivity contribution in [3.8, 4) is 0 Å². The Balaban J connectivity index is 2.52. The molecule has 0 aromatic heterocycles. The molecule has 0 saturated heterocycles. The molecule has 19 heavy (non-hydrogen) atoms. The molecule has 0 radical (unpaired) electrons. The summed E-state index contributed by atoms with van der Waals surface area (Å²) >= 11 is 5.96. The summed E-state index contributed by atoms with van der Waals surface area (Å²) < 4.78 is 0. The minimum atomic E-state index is -0.426. The molecule has 1 aromatic rings. The zero-order valence-electron chi connectivity index (χ0n) is 11.9. The molecule has 1 rings (SSSR count). The molecular formula is C15H23ClN2O. The Bertz CT molecular complexity index is 418. The molecule has 0 bridgehead atoms. The fraction of sp³-hybridized carbons (Fsp3) is 0.533. The SMILES string of the molecule is CNCCCNC(=O)C(C)(C)Cc1cccc(Cl)c1. The quantitative estimate of drug-likeness (QED) is 0.755. The fourth-order valence-electron chi connectivity index (χ4n) is 1.94. The van der Waals surface area contributed by atoms with Crippen molar-refractivity contribution in [3.63, 3.8) is 0 Å². The van der Waals surface area contributed by atoms with Gasteiger partial charge in [0.05, 0.1) is 0 Å². The third-order valence-electron chi connectivity index (χ3n) is 3.04. The first-order valence-corrected chi connectivity index (χ1v) is 7.01. The first-order chi connectivity index (χ1) is 8.95. The van der Waals surface area contributed by atoms with Crippen LogP contribution in [0.5, 0.6) is 0 Å². The van der Waals surface area contributed by atoms with E-state index in [0.717, 1.165) is 18.5 Å². The topological polar surface area (TPSA) is 41.1 Å². The van der Waals surface area contributed by atoms with Crippen LogP contribution in [0.15, 0.2) is 24.3 Å². The van der Waals surface area contributed by atoms with E-state index < -0.39 is 5.41 Å². The zero-order chi connectivity index (χ0) is 14.3. The lowest BCUT2D eigenvalue weighted by molar-refractivity contribution is -0.129. The second-order valence-electron chi connectivity index (χ2n) is 5.40. The molecule has 0 unspecified atom stereocenters. The highest BCUT2D eigenvalue weighted by Crippen LogP contribution is 2.23. The van der Waals surface area contributed by atoms with E-state index in [9.17, 15) is 4.79 Å². The van der Waals surface area contributed by atoms with Crippen molar-refractivity contribution < 1.29 is 4.79 Å². The van der Waals surface area contributed by atoms with Gasteiger partial charge in [0.25, 0.3) is 0 Å². The van der Waals surface area contributed by atoms with E-state index in [1.54, 1.807) is 0 Å². The predicted molar refractivity (Wildman–Crippen MR) is 80.5 cm³/mol. The molecule has 0 atom stereocenters. The molecule has 4 heteroatoms. The molecule has 0 fully saturated rings. The van der Waals surface area contributed by atoms with Gasteiger partial charge in [0, 0.05) is 17.0 Å². The lowest BCUT2D eigenvalue weighted by atomic mass is 9.85. The molecule has 0 saturated carbocycles. The Labute approximate surface area is 120 Å². The molecular weight excluding hydrogens is 260 g/mol. The molecule has 1 amide bonds. The van der Waals surface area contributed by atoms with Gasteiger partial charge in [-0.25, -0.2) is 0 Å². The van der Waals surface area contributed by atoms with Gasteiger partial charge >= 0.3 is 0 Å². The van der Waals surface area contributed by atoms with E-state index in [1.807, 2.05) is 45.2 Å². The van der Waals surface area contributed by atoms with E-state index in [1.165, 1.54) is 0 Å². The molecule has 0 aliphatic rings. The number of nitrogens with one attached hydrogen (secondary N) is 2. The average molecular weight is 283 g/mol. The highest BCUT2D eigenvalue weighted by atomic mass is 35.5. The Kier molecular flexibility index (Phi) is 6.32. The van der Waals surface area contributed by atoms with Gasteiger partial charge in [-0.05, 0) is 44.1 Å². The number of halogens is 1. The maximum Gasteiger partial charge on any atom is 0.225 e. The van der Waals surface area contributed by atoms with E-state index >= 15 is 0 Å². The standard InChI is InChI=1S/C15H23ClN2O/c1-15(2,14(19)18-9-5-8-17-3)11-12-6-4-7-13(16)10-12/h4,6-7,10,17H,5,8-9,11H2,1-3H3,(H,18,19). The minimum absolute atomic E-state index is 0.0866. The third-order valence-corrected chi connectivity index (χ3v) is 3.27. The molecule has 0 spiro atoms. The highest BCUT2D eigenvalue weighted by molar-refractivity contribution is 6.30. The fourth-order valence-corrected chi connectivity index (χ4v) is 2.16. The first-order valence-electron chi connectivity index (χ1n) is 6.63. The predicted octanol–water partition coefficient (Wildman–Crippen LogP) is 2.63. The van der Waals surface area contributed by atoms with Gasteiger partial charge < -0.3 is 10.6 Å². The number of rotatable bonds is 7. The number of hydrogen-bond acceptors (Lipinski definition) is 2. The van der Waals surface area contributed by atoms with E-state index in [0.29, 0.717) is 18.0 Å². The van der Waals surface area contributed by atoms with Gasteiger partial charge in [-0.1, -0.05) is 37.6 Å². The highest BCUT2D eigenvalue weighted by Gasteiger charge is 2.27. The second kappa shape index (κ2) is 7.51. The van der Waals surface area contributed by atoms with Crippen molar-refractivity contribution in [3.05, 3.63) is 34.9 Å². The Morgan fingerprint density at radius 1 is 1.32 bits per heavy atom. The summed E-state index contributed by atoms with van der Waals surface area (Å²) in [7, 11) is 1.91. The number of carbonyl (C=O) groups is 1. The van der Waals surface area contributed by atoms with Crippen LogP contribution in [0.2, 0.25) is 5.02 Å². The van der Waals surface area contributed by atoms with Crippen molar-refractivity contribution in [1.82, 2.24) is 10.6 Å². The van der Waals surface area contributed by atoms with Crippen molar-refractivity contribution in [2.45, 2.75) is 26.7 Å². The van der Waals surface area contributed by atoms with Crippen LogP contribution in [0.4, 0.5) is 0 Å². The van der Waals surface area contributed by atoms with E-state index in [4.69, 9.17) is 11.6 Å². The monoisotopic (exact) mass is 282 g/mol. The summed E-state index contributed by atoms with van der Waals surface area (Å²) in [6.07, 6.45) is 1.63. The molecule has 3 nitrogen and oxygen atoms in total. The average Bonchev–Trinajstić information content (AvgIpc) is 2.33. The normalized spacial score (nSPS) is 11.4. The Morgan fingerprint density at radius 2 is 2.05 bits per heavy atom. The minimum Gasteiger partial charge on any atom is -0.356 e. The molecule has 2 N–H and O–H groups in total. The first kappa shape index (κ1) is 16.0. The van der Waals surface area contributed by atoms with Crippen LogP contribution in [-0.4, -0.2) is 26.0 Å². The van der Waals surface area contributed by atoms with Crippen molar-refractivity contribution in [1.29, 1.82) is 0 Å². The van der Waals surface area contributed by atoms with Gasteiger partial charge in [-0.3, -0.25) is 4.79 Å². The van der Waals surface area contributed by atoms with Gasteiger partial charge in [-0.15, -0.1) is 0 Å². The van der Waals surface area contributed by atoms with E-state index in [2.05, 4.69) is 10.6 Å². The van der Waals surface area contributed by atoms with Gasteiger partial charge in [0.2, 0.25) is 5.91 Å². The third kappa shape index (κ3) is 5.62. The molecule has 0 heterocycles. The summed E-state index contributed by atoms with van der Waals surface area (Å²) in [6, 6.07) is 7.67. The molecule has 1 aromatic carbocycles. The van der Waals surface area contributed by atoms with Crippen molar-refractivity contribution in [2.75, 3.05) is 20.1 Å². The largest absolute Gasteiger partial charge is 0.356 e. The number of carbonyl (C=O) groups excluding carboxylic acids is 1. The van der Waals surface area contributed by atoms with Gasteiger partial charge in [0.1, 0.15) is 0 Å². The maximum absolute atomic E-state index is 12.2. The summed E-state index contributed by atoms with van der Waals surface area (Å²) in [5.41, 5.74) is 0.660. The van der Waals surface area contributed by atoms with Crippen LogP contribution in [0, 0.1) is 5.41 Å². The van der Waals surface area contributed by atoms with Crippen LogP contribution in [0.3, 0.4) is 0 Å². The van der Waals surface area contributed by atoms with E-state index in [-0.39, 0.29) is 5.91 Å². The molecule has 0 aliphatic heterocycles. The summed E-state index contributed by atoms with van der Waals surface area (Å²) in [5.74, 6) is 0.0866. The number of amides is 1. The lowest BCUT2D eigenvalue weighted by Crippen LogP contribution is -2.39. The summed E-state index contributed by atoms with van der Waals surface area (Å²) in [5, 5.41) is 6.75. The van der Waals surface area contributed by atoms with Crippen LogP contribution < -0.4 is 10.6 Å². The van der Waals surface area contributed by atoms with Crippen LogP contribution in [-0.2, 0) is 11.2 Å². The van der Waals surface area contributed by atoms with Gasteiger partial charge in [0.15, 0.2) is 0 Å². The zero-order valence-corrected chi connectivity index (χ0v) is 12.7. The molecule has 106 valence electrons.